The Bertz CT molecular complexity index is 617. The van der Waals surface area contributed by atoms with Gasteiger partial charge in [0.25, 0.3) is 5.91 Å². The van der Waals surface area contributed by atoms with Gasteiger partial charge in [-0.25, -0.2) is 0 Å². The zero-order chi connectivity index (χ0) is 17.3. The molecule has 0 unspecified atom stereocenters. The molecule has 0 N–H and O–H groups in total. The highest BCUT2D eigenvalue weighted by atomic mass is 16.5. The predicted molar refractivity (Wildman–Crippen MR) is 96.6 cm³/mol. The van der Waals surface area contributed by atoms with Crippen LogP contribution in [0.25, 0.3) is 0 Å². The third-order valence-corrected chi connectivity index (χ3v) is 6.02. The Hall–Kier alpha value is -1.39. The summed E-state index contributed by atoms with van der Waals surface area (Å²) in [7, 11) is 0. The topological polar surface area (TPSA) is 38.8 Å². The van der Waals surface area contributed by atoms with Crippen LogP contribution in [0.2, 0.25) is 0 Å². The summed E-state index contributed by atoms with van der Waals surface area (Å²) in [5.74, 6) is 0.980. The van der Waals surface area contributed by atoms with E-state index in [2.05, 4.69) is 0 Å². The lowest BCUT2D eigenvalue weighted by Crippen LogP contribution is -2.43. The van der Waals surface area contributed by atoms with E-state index >= 15 is 0 Å². The van der Waals surface area contributed by atoms with Gasteiger partial charge in [0.15, 0.2) is 0 Å². The molecular formula is C21H29NO3. The molecular weight excluding hydrogens is 314 g/mol. The minimum Gasteiger partial charge on any atom is -0.378 e. The zero-order valence-electron chi connectivity index (χ0n) is 15.2. The molecule has 1 atom stereocenters. The molecule has 3 fully saturated rings. The highest BCUT2D eigenvalue weighted by molar-refractivity contribution is 5.94. The molecule has 25 heavy (non-hydrogen) atoms. The van der Waals surface area contributed by atoms with E-state index in [4.69, 9.17) is 9.47 Å². The molecule has 1 saturated carbocycles. The average Bonchev–Trinajstić information content (AvgIpc) is 3.36. The van der Waals surface area contributed by atoms with Gasteiger partial charge < -0.3 is 14.4 Å². The van der Waals surface area contributed by atoms with Crippen molar-refractivity contribution >= 4 is 5.91 Å². The average molecular weight is 343 g/mol. The maximum atomic E-state index is 12.7. The standard InChI is InChI=1S/C21H29NO3/c1-16-3-2-4-18(11-16)20(23)22-9-7-21(8-10-22)12-19(25-15-21)14-24-13-17-5-6-17/h2-4,11,17,19H,5-10,12-15H2,1H3/t19-/m0/s1. The third-order valence-electron chi connectivity index (χ3n) is 6.02. The van der Waals surface area contributed by atoms with Crippen LogP contribution in [0.15, 0.2) is 24.3 Å². The number of carbonyl (C=O) groups excluding carboxylic acids is 1. The molecule has 4 rings (SSSR count). The largest absolute Gasteiger partial charge is 0.378 e. The van der Waals surface area contributed by atoms with Crippen LogP contribution in [-0.4, -0.2) is 49.8 Å². The van der Waals surface area contributed by atoms with Crippen LogP contribution < -0.4 is 0 Å². The van der Waals surface area contributed by atoms with Crippen molar-refractivity contribution in [1.82, 2.24) is 4.90 Å². The Kier molecular flexibility index (Phi) is 4.83. The monoisotopic (exact) mass is 343 g/mol. The summed E-state index contributed by atoms with van der Waals surface area (Å²) in [6, 6.07) is 7.90. The summed E-state index contributed by atoms with van der Waals surface area (Å²) in [5.41, 5.74) is 2.21. The Labute approximate surface area is 150 Å². The van der Waals surface area contributed by atoms with E-state index in [1.165, 1.54) is 12.8 Å². The number of carbonyl (C=O) groups is 1. The number of amides is 1. The van der Waals surface area contributed by atoms with Crippen molar-refractivity contribution in [2.75, 3.05) is 32.9 Å². The Morgan fingerprint density at radius 1 is 1.28 bits per heavy atom. The van der Waals surface area contributed by atoms with E-state index in [-0.39, 0.29) is 17.4 Å². The number of likely N-dealkylation sites (tertiary alicyclic amines) is 1. The molecule has 136 valence electrons. The number of hydrogen-bond donors (Lipinski definition) is 0. The lowest BCUT2D eigenvalue weighted by molar-refractivity contribution is 0.00938. The number of aryl methyl sites for hydroxylation is 1. The molecule has 0 bridgehead atoms. The van der Waals surface area contributed by atoms with E-state index in [9.17, 15) is 4.79 Å². The van der Waals surface area contributed by atoms with E-state index in [1.807, 2.05) is 36.1 Å². The molecule has 2 heterocycles. The predicted octanol–water partition coefficient (Wildman–Crippen LogP) is 3.43. The summed E-state index contributed by atoms with van der Waals surface area (Å²) in [6.45, 7) is 6.19. The fourth-order valence-corrected chi connectivity index (χ4v) is 4.15. The first-order valence-electron chi connectivity index (χ1n) is 9.69. The van der Waals surface area contributed by atoms with Crippen LogP contribution in [-0.2, 0) is 9.47 Å². The molecule has 0 aromatic heterocycles. The number of rotatable bonds is 5. The second-order valence-corrected chi connectivity index (χ2v) is 8.28. The van der Waals surface area contributed by atoms with E-state index < -0.39 is 0 Å². The highest BCUT2D eigenvalue weighted by Gasteiger charge is 2.43. The summed E-state index contributed by atoms with van der Waals surface area (Å²) in [6.07, 6.45) is 6.09. The molecule has 1 aliphatic carbocycles. The molecule has 1 spiro atoms. The normalized spacial score (nSPS) is 25.5. The van der Waals surface area contributed by atoms with E-state index in [1.54, 1.807) is 0 Å². The smallest absolute Gasteiger partial charge is 0.253 e. The van der Waals surface area contributed by atoms with Gasteiger partial charge in [-0.2, -0.15) is 0 Å². The molecule has 1 aromatic carbocycles. The molecule has 4 nitrogen and oxygen atoms in total. The van der Waals surface area contributed by atoms with E-state index in [0.29, 0.717) is 0 Å². The molecule has 0 radical (unpaired) electrons. The molecule has 3 aliphatic rings. The van der Waals surface area contributed by atoms with Crippen LogP contribution in [0.4, 0.5) is 0 Å². The highest BCUT2D eigenvalue weighted by Crippen LogP contribution is 2.42. The van der Waals surface area contributed by atoms with Crippen molar-refractivity contribution in [3.63, 3.8) is 0 Å². The van der Waals surface area contributed by atoms with Crippen molar-refractivity contribution in [3.05, 3.63) is 35.4 Å². The first-order valence-corrected chi connectivity index (χ1v) is 9.69. The Morgan fingerprint density at radius 2 is 2.08 bits per heavy atom. The number of nitrogens with zero attached hydrogens (tertiary/aromatic N) is 1. The fourth-order valence-electron chi connectivity index (χ4n) is 4.15. The van der Waals surface area contributed by atoms with Crippen LogP contribution in [0, 0.1) is 18.3 Å². The maximum Gasteiger partial charge on any atom is 0.253 e. The van der Waals surface area contributed by atoms with Crippen LogP contribution in [0.3, 0.4) is 0 Å². The van der Waals surface area contributed by atoms with Crippen molar-refractivity contribution in [1.29, 1.82) is 0 Å². The Balaban J connectivity index is 1.27. The molecule has 2 saturated heterocycles. The van der Waals surface area contributed by atoms with Gasteiger partial charge in [0.05, 0.1) is 19.3 Å². The number of benzene rings is 1. The molecule has 1 aromatic rings. The van der Waals surface area contributed by atoms with Crippen LogP contribution >= 0.6 is 0 Å². The summed E-state index contributed by atoms with van der Waals surface area (Å²) >= 11 is 0. The van der Waals surface area contributed by atoms with Gasteiger partial charge in [-0.15, -0.1) is 0 Å². The van der Waals surface area contributed by atoms with Gasteiger partial charge in [0.2, 0.25) is 0 Å². The van der Waals surface area contributed by atoms with Crippen LogP contribution in [0.1, 0.15) is 48.0 Å². The first kappa shape index (κ1) is 17.0. The maximum absolute atomic E-state index is 12.7. The van der Waals surface area contributed by atoms with Gasteiger partial charge in [0, 0.05) is 25.3 Å². The van der Waals surface area contributed by atoms with Gasteiger partial charge in [-0.05, 0) is 62.5 Å². The minimum absolute atomic E-state index is 0.168. The lowest BCUT2D eigenvalue weighted by Gasteiger charge is -2.38. The van der Waals surface area contributed by atoms with Crippen molar-refractivity contribution in [2.24, 2.45) is 11.3 Å². The fraction of sp³-hybridized carbons (Fsp3) is 0.667. The number of piperidine rings is 1. The summed E-state index contributed by atoms with van der Waals surface area (Å²) < 4.78 is 11.8. The Morgan fingerprint density at radius 3 is 2.80 bits per heavy atom. The number of hydrogen-bond acceptors (Lipinski definition) is 3. The van der Waals surface area contributed by atoms with Gasteiger partial charge >= 0.3 is 0 Å². The van der Waals surface area contributed by atoms with Crippen LogP contribution in [0.5, 0.6) is 0 Å². The second-order valence-electron chi connectivity index (χ2n) is 8.28. The first-order chi connectivity index (χ1) is 12.1. The number of ether oxygens (including phenoxy) is 2. The summed E-state index contributed by atoms with van der Waals surface area (Å²) in [5, 5.41) is 0. The summed E-state index contributed by atoms with van der Waals surface area (Å²) in [4.78, 5) is 14.7. The van der Waals surface area contributed by atoms with E-state index in [0.717, 1.165) is 69.2 Å². The van der Waals surface area contributed by atoms with Gasteiger partial charge in [-0.3, -0.25) is 4.79 Å². The van der Waals surface area contributed by atoms with Gasteiger partial charge in [0.1, 0.15) is 0 Å². The quantitative estimate of drug-likeness (QED) is 0.822. The molecule has 1 amide bonds. The van der Waals surface area contributed by atoms with Gasteiger partial charge in [-0.1, -0.05) is 17.7 Å². The molecule has 2 aliphatic heterocycles. The zero-order valence-corrected chi connectivity index (χ0v) is 15.2. The van der Waals surface area contributed by atoms with Crippen molar-refractivity contribution in [2.45, 2.75) is 45.1 Å². The third kappa shape index (κ3) is 4.06. The second kappa shape index (κ2) is 7.08. The lowest BCUT2D eigenvalue weighted by atomic mass is 9.76. The SMILES string of the molecule is Cc1cccc(C(=O)N2CCC3(CC2)CO[C@H](COCC2CC2)C3)c1. The van der Waals surface area contributed by atoms with Crippen molar-refractivity contribution in [3.8, 4) is 0 Å². The minimum atomic E-state index is 0.168. The molecule has 4 heteroatoms. The van der Waals surface area contributed by atoms with Crippen molar-refractivity contribution < 1.29 is 14.3 Å².